The third kappa shape index (κ3) is 5.90. The summed E-state index contributed by atoms with van der Waals surface area (Å²) in [6.07, 6.45) is 0.495. The number of nitrogens with one attached hydrogen (secondary N) is 1. The molecule has 0 spiro atoms. The van der Waals surface area contributed by atoms with Crippen molar-refractivity contribution in [3.63, 3.8) is 0 Å². The second-order valence-corrected chi connectivity index (χ2v) is 4.81. The van der Waals surface area contributed by atoms with Gasteiger partial charge in [0.1, 0.15) is 6.61 Å². The fraction of sp³-hybridized carbons (Fsp3) is 0.167. The first-order chi connectivity index (χ1) is 11.1. The maximum absolute atomic E-state index is 12.4. The summed E-state index contributed by atoms with van der Waals surface area (Å²) in [5, 5.41) is 2.58. The summed E-state index contributed by atoms with van der Waals surface area (Å²) in [5.41, 5.74) is 1.69. The van der Waals surface area contributed by atoms with Crippen LogP contribution in [0.15, 0.2) is 60.7 Å². The predicted octanol–water partition coefficient (Wildman–Crippen LogP) is 4.56. The Bertz CT molecular complexity index is 640. The van der Waals surface area contributed by atoms with E-state index in [1.807, 2.05) is 30.3 Å². The predicted molar refractivity (Wildman–Crippen MR) is 85.1 cm³/mol. The van der Waals surface area contributed by atoms with E-state index in [0.717, 1.165) is 11.1 Å². The van der Waals surface area contributed by atoms with E-state index >= 15 is 0 Å². The summed E-state index contributed by atoms with van der Waals surface area (Å²) in [7, 11) is 0. The van der Waals surface area contributed by atoms with Crippen LogP contribution in [0.3, 0.4) is 0 Å². The molecule has 0 aliphatic rings. The third-order valence-corrected chi connectivity index (χ3v) is 3.08. The number of alkyl carbamates (subject to hydrolysis) is 1. The lowest BCUT2D eigenvalue weighted by atomic mass is 10.1. The van der Waals surface area contributed by atoms with Crippen LogP contribution in [-0.2, 0) is 11.3 Å². The highest BCUT2D eigenvalue weighted by molar-refractivity contribution is 5.67. The smallest absolute Gasteiger partial charge is 0.407 e. The summed E-state index contributed by atoms with van der Waals surface area (Å²) in [6.45, 7) is 0.510. The Morgan fingerprint density at radius 3 is 2.43 bits per heavy atom. The number of carbonyl (C=O) groups is 1. The Hall–Kier alpha value is -2.69. The molecule has 0 heterocycles. The molecule has 0 aromatic heterocycles. The van der Waals surface area contributed by atoms with Crippen LogP contribution in [0.2, 0.25) is 0 Å². The molecule has 0 radical (unpaired) electrons. The molecule has 0 bridgehead atoms. The lowest BCUT2D eigenvalue weighted by Crippen LogP contribution is -2.24. The highest BCUT2D eigenvalue weighted by Crippen LogP contribution is 2.18. The van der Waals surface area contributed by atoms with Crippen molar-refractivity contribution < 1.29 is 18.3 Å². The first-order valence-corrected chi connectivity index (χ1v) is 7.14. The van der Waals surface area contributed by atoms with Crippen molar-refractivity contribution >= 4 is 12.2 Å². The van der Waals surface area contributed by atoms with Crippen LogP contribution in [0.1, 0.15) is 23.1 Å². The van der Waals surface area contributed by atoms with E-state index in [1.165, 1.54) is 12.1 Å². The second kappa shape index (κ2) is 8.68. The number of rotatable bonds is 6. The number of hydrogen-bond acceptors (Lipinski definition) is 2. The summed E-state index contributed by atoms with van der Waals surface area (Å²) in [4.78, 5) is 11.5. The molecular formula is C18H17F2NO2. The maximum atomic E-state index is 12.4. The van der Waals surface area contributed by atoms with Gasteiger partial charge in [0, 0.05) is 12.1 Å². The Labute approximate surface area is 133 Å². The van der Waals surface area contributed by atoms with Gasteiger partial charge in [0.2, 0.25) is 0 Å². The molecule has 0 aliphatic carbocycles. The second-order valence-electron chi connectivity index (χ2n) is 4.81. The Kier molecular flexibility index (Phi) is 6.29. The summed E-state index contributed by atoms with van der Waals surface area (Å²) in [5.74, 6) is 0. The minimum atomic E-state index is -2.46. The molecule has 5 heteroatoms. The number of hydrogen-bond donors (Lipinski definition) is 1. The van der Waals surface area contributed by atoms with E-state index in [-0.39, 0.29) is 12.2 Å². The zero-order valence-electron chi connectivity index (χ0n) is 12.4. The molecule has 0 unspecified atom stereocenters. The monoisotopic (exact) mass is 317 g/mol. The van der Waals surface area contributed by atoms with Crippen molar-refractivity contribution in [3.05, 3.63) is 77.4 Å². The highest BCUT2D eigenvalue weighted by atomic mass is 19.3. The molecule has 1 N–H and O–H groups in total. The lowest BCUT2D eigenvalue weighted by Gasteiger charge is -2.05. The average molecular weight is 317 g/mol. The molecule has 2 aromatic rings. The van der Waals surface area contributed by atoms with Crippen LogP contribution in [0, 0.1) is 0 Å². The van der Waals surface area contributed by atoms with Crippen molar-refractivity contribution in [2.24, 2.45) is 0 Å². The van der Waals surface area contributed by atoms with E-state index in [0.29, 0.717) is 6.54 Å². The summed E-state index contributed by atoms with van der Waals surface area (Å²) in [6, 6.07) is 15.3. The molecule has 2 aromatic carbocycles. The molecule has 0 aliphatic heterocycles. The van der Waals surface area contributed by atoms with Crippen LogP contribution >= 0.6 is 0 Å². The molecule has 120 valence electrons. The van der Waals surface area contributed by atoms with Crippen molar-refractivity contribution in [1.29, 1.82) is 0 Å². The first-order valence-electron chi connectivity index (χ1n) is 7.14. The minimum absolute atomic E-state index is 0.00948. The molecule has 2 rings (SSSR count). The largest absolute Gasteiger partial charge is 0.445 e. The van der Waals surface area contributed by atoms with Crippen LogP contribution in [0.5, 0.6) is 0 Å². The van der Waals surface area contributed by atoms with Crippen LogP contribution < -0.4 is 5.32 Å². The Balaban J connectivity index is 1.70. The number of ether oxygens (including phenoxy) is 1. The maximum Gasteiger partial charge on any atom is 0.407 e. The van der Waals surface area contributed by atoms with Gasteiger partial charge >= 0.3 is 6.09 Å². The average Bonchev–Trinajstić information content (AvgIpc) is 2.58. The van der Waals surface area contributed by atoms with E-state index in [1.54, 1.807) is 24.3 Å². The van der Waals surface area contributed by atoms with Gasteiger partial charge in [-0.15, -0.1) is 0 Å². The van der Waals surface area contributed by atoms with Crippen LogP contribution in [-0.4, -0.2) is 12.6 Å². The summed E-state index contributed by atoms with van der Waals surface area (Å²) < 4.78 is 29.9. The molecule has 0 saturated heterocycles. The van der Waals surface area contributed by atoms with E-state index in [2.05, 4.69) is 5.32 Å². The summed E-state index contributed by atoms with van der Waals surface area (Å²) >= 11 is 0. The molecule has 0 fully saturated rings. The van der Waals surface area contributed by atoms with E-state index < -0.39 is 12.5 Å². The van der Waals surface area contributed by atoms with Crippen molar-refractivity contribution in [2.45, 2.75) is 13.0 Å². The fourth-order valence-corrected chi connectivity index (χ4v) is 1.86. The van der Waals surface area contributed by atoms with Crippen LogP contribution in [0.25, 0.3) is 6.08 Å². The van der Waals surface area contributed by atoms with Gasteiger partial charge in [-0.25, -0.2) is 13.6 Å². The SMILES string of the molecule is O=C(NCC=Cc1ccc(C(F)F)cc1)OCc1ccccc1. The van der Waals surface area contributed by atoms with Gasteiger partial charge < -0.3 is 10.1 Å². The number of carbonyl (C=O) groups excluding carboxylic acids is 1. The fourth-order valence-electron chi connectivity index (χ4n) is 1.86. The number of amides is 1. The standard InChI is InChI=1S/C18H17F2NO2/c19-17(20)16-10-8-14(9-11-16)7-4-12-21-18(22)23-13-15-5-2-1-3-6-15/h1-11,17H,12-13H2,(H,21,22). The minimum Gasteiger partial charge on any atom is -0.445 e. The van der Waals surface area contributed by atoms with Gasteiger partial charge in [-0.1, -0.05) is 66.7 Å². The number of benzene rings is 2. The highest BCUT2D eigenvalue weighted by Gasteiger charge is 2.04. The van der Waals surface area contributed by atoms with Gasteiger partial charge in [0.05, 0.1) is 0 Å². The van der Waals surface area contributed by atoms with Gasteiger partial charge in [0.25, 0.3) is 6.43 Å². The van der Waals surface area contributed by atoms with Crippen molar-refractivity contribution in [1.82, 2.24) is 5.32 Å². The molecule has 0 atom stereocenters. The van der Waals surface area contributed by atoms with E-state index in [9.17, 15) is 13.6 Å². The molecule has 23 heavy (non-hydrogen) atoms. The first kappa shape index (κ1) is 16.7. The Morgan fingerprint density at radius 1 is 1.09 bits per heavy atom. The Morgan fingerprint density at radius 2 is 1.78 bits per heavy atom. The van der Waals surface area contributed by atoms with Crippen molar-refractivity contribution in [2.75, 3.05) is 6.54 Å². The van der Waals surface area contributed by atoms with Crippen molar-refractivity contribution in [3.8, 4) is 0 Å². The van der Waals surface area contributed by atoms with Gasteiger partial charge in [-0.05, 0) is 11.1 Å². The van der Waals surface area contributed by atoms with Gasteiger partial charge in [0.15, 0.2) is 0 Å². The molecule has 0 saturated carbocycles. The van der Waals surface area contributed by atoms with Crippen LogP contribution in [0.4, 0.5) is 13.6 Å². The quantitative estimate of drug-likeness (QED) is 0.848. The van der Waals surface area contributed by atoms with Gasteiger partial charge in [-0.3, -0.25) is 0 Å². The molecular weight excluding hydrogens is 300 g/mol. The zero-order chi connectivity index (χ0) is 16.5. The van der Waals surface area contributed by atoms with E-state index in [4.69, 9.17) is 4.74 Å². The third-order valence-electron chi connectivity index (χ3n) is 3.08. The zero-order valence-corrected chi connectivity index (χ0v) is 12.4. The number of halogens is 2. The molecule has 3 nitrogen and oxygen atoms in total. The topological polar surface area (TPSA) is 38.3 Å². The number of alkyl halides is 2. The normalized spacial score (nSPS) is 10.9. The molecule has 1 amide bonds. The van der Waals surface area contributed by atoms with Gasteiger partial charge in [-0.2, -0.15) is 0 Å². The lowest BCUT2D eigenvalue weighted by molar-refractivity contribution is 0.140.